The summed E-state index contributed by atoms with van der Waals surface area (Å²) in [4.78, 5) is 5.35. The minimum atomic E-state index is 0.645. The van der Waals surface area contributed by atoms with Gasteiger partial charge < -0.3 is 4.57 Å². The fourth-order valence-corrected chi connectivity index (χ4v) is 9.67. The van der Waals surface area contributed by atoms with Crippen LogP contribution in [-0.2, 0) is 0 Å². The molecule has 12 aromatic rings. The van der Waals surface area contributed by atoms with Gasteiger partial charge in [0.15, 0.2) is 0 Å². The first-order valence-electron chi connectivity index (χ1n) is 20.0. The van der Waals surface area contributed by atoms with Crippen LogP contribution in [0.15, 0.2) is 200 Å². The molecule has 2 heterocycles. The van der Waals surface area contributed by atoms with Gasteiger partial charge in [-0.15, -0.1) is 0 Å². The van der Waals surface area contributed by atoms with Crippen LogP contribution < -0.4 is 0 Å². The number of hydrogen-bond donors (Lipinski definition) is 0. The molecule has 0 saturated carbocycles. The molecule has 0 aliphatic heterocycles. The van der Waals surface area contributed by atoms with E-state index in [-0.39, 0.29) is 0 Å². The molecule has 272 valence electrons. The summed E-state index contributed by atoms with van der Waals surface area (Å²) in [5.74, 6) is 0. The summed E-state index contributed by atoms with van der Waals surface area (Å²) in [5, 5.41) is 22.9. The molecule has 3 nitrogen and oxygen atoms in total. The van der Waals surface area contributed by atoms with Crippen molar-refractivity contribution in [1.29, 1.82) is 5.26 Å². The highest BCUT2D eigenvalue weighted by molar-refractivity contribution is 6.30. The molecule has 0 saturated heterocycles. The van der Waals surface area contributed by atoms with E-state index in [0.29, 0.717) is 5.56 Å². The van der Waals surface area contributed by atoms with Crippen LogP contribution in [0.4, 0.5) is 0 Å². The van der Waals surface area contributed by atoms with E-state index in [0.717, 1.165) is 60.6 Å². The molecule has 0 aliphatic rings. The number of pyridine rings is 1. The van der Waals surface area contributed by atoms with Crippen molar-refractivity contribution in [1.82, 2.24) is 9.55 Å². The van der Waals surface area contributed by atoms with E-state index in [1.165, 1.54) is 54.4 Å². The maximum absolute atomic E-state index is 9.89. The second-order valence-electron chi connectivity index (χ2n) is 15.3. The number of rotatable bonds is 4. The molecule has 0 unspecified atom stereocenters. The molecule has 3 heteroatoms. The van der Waals surface area contributed by atoms with E-state index >= 15 is 0 Å². The largest absolute Gasteiger partial charge is 0.309 e. The van der Waals surface area contributed by atoms with E-state index in [9.17, 15) is 5.26 Å². The van der Waals surface area contributed by atoms with E-state index in [4.69, 9.17) is 4.98 Å². The molecule has 0 bridgehead atoms. The summed E-state index contributed by atoms with van der Waals surface area (Å²) >= 11 is 0. The number of para-hydroxylation sites is 2. The fourth-order valence-electron chi connectivity index (χ4n) is 9.67. The van der Waals surface area contributed by atoms with Crippen molar-refractivity contribution in [2.24, 2.45) is 0 Å². The van der Waals surface area contributed by atoms with Crippen molar-refractivity contribution in [3.8, 4) is 45.3 Å². The van der Waals surface area contributed by atoms with Gasteiger partial charge in [-0.3, -0.25) is 0 Å². The lowest BCUT2D eigenvalue weighted by Crippen LogP contribution is -1.95. The van der Waals surface area contributed by atoms with Crippen LogP contribution in [0.2, 0.25) is 0 Å². The van der Waals surface area contributed by atoms with E-state index in [2.05, 4.69) is 193 Å². The van der Waals surface area contributed by atoms with Gasteiger partial charge >= 0.3 is 0 Å². The average molecular weight is 748 g/mol. The van der Waals surface area contributed by atoms with Gasteiger partial charge in [0.05, 0.1) is 33.9 Å². The molecule has 0 aliphatic carbocycles. The summed E-state index contributed by atoms with van der Waals surface area (Å²) in [5.41, 5.74) is 11.7. The first-order chi connectivity index (χ1) is 29.2. The van der Waals surface area contributed by atoms with Gasteiger partial charge in [-0.2, -0.15) is 5.26 Å². The monoisotopic (exact) mass is 747 g/mol. The Labute approximate surface area is 340 Å². The summed E-state index contributed by atoms with van der Waals surface area (Å²) in [6.07, 6.45) is 0. The Kier molecular flexibility index (Phi) is 7.29. The zero-order valence-electron chi connectivity index (χ0n) is 31.9. The lowest BCUT2D eigenvalue weighted by molar-refractivity contribution is 1.18. The molecule has 10 aromatic carbocycles. The smallest absolute Gasteiger partial charge is 0.0992 e. The van der Waals surface area contributed by atoms with Gasteiger partial charge in [0.2, 0.25) is 0 Å². The quantitative estimate of drug-likeness (QED) is 0.133. The van der Waals surface area contributed by atoms with Crippen molar-refractivity contribution in [2.75, 3.05) is 0 Å². The minimum absolute atomic E-state index is 0.645. The number of hydrogen-bond acceptors (Lipinski definition) is 2. The van der Waals surface area contributed by atoms with Crippen LogP contribution >= 0.6 is 0 Å². The van der Waals surface area contributed by atoms with Crippen molar-refractivity contribution in [2.45, 2.75) is 0 Å². The third-order valence-corrected chi connectivity index (χ3v) is 12.2. The van der Waals surface area contributed by atoms with Gasteiger partial charge in [-0.1, -0.05) is 152 Å². The van der Waals surface area contributed by atoms with Gasteiger partial charge in [0, 0.05) is 38.2 Å². The summed E-state index contributed by atoms with van der Waals surface area (Å²) in [7, 11) is 0. The van der Waals surface area contributed by atoms with Crippen LogP contribution in [-0.4, -0.2) is 9.55 Å². The zero-order valence-corrected chi connectivity index (χ0v) is 31.9. The third-order valence-electron chi connectivity index (χ3n) is 12.2. The molecule has 59 heavy (non-hydrogen) atoms. The first-order valence-corrected chi connectivity index (χ1v) is 20.0. The first kappa shape index (κ1) is 33.1. The predicted octanol–water partition coefficient (Wildman–Crippen LogP) is 14.8. The normalized spacial score (nSPS) is 11.7. The lowest BCUT2D eigenvalue weighted by atomic mass is 9.83. The Hall–Kier alpha value is -8.06. The highest BCUT2D eigenvalue weighted by Crippen LogP contribution is 2.49. The van der Waals surface area contributed by atoms with Crippen molar-refractivity contribution >= 4 is 75.8 Å². The van der Waals surface area contributed by atoms with Crippen molar-refractivity contribution in [3.63, 3.8) is 0 Å². The summed E-state index contributed by atoms with van der Waals surface area (Å²) < 4.78 is 2.28. The molecule has 0 N–H and O–H groups in total. The van der Waals surface area contributed by atoms with Crippen LogP contribution in [0.1, 0.15) is 5.56 Å². The number of benzene rings is 10. The SMILES string of the molecule is N#Cc1ccc2c3cc(-c4c5ccccc5c(-c5cc6c(-c7ccccc7)nc7ccccc7c6c6ccccc56)c5ccccc45)ccc3n(-c3ccccc3)c2c1. The number of nitriles is 1. The van der Waals surface area contributed by atoms with E-state index in [1.807, 2.05) is 18.2 Å². The van der Waals surface area contributed by atoms with Gasteiger partial charge in [0.25, 0.3) is 0 Å². The number of aromatic nitrogens is 2. The van der Waals surface area contributed by atoms with Gasteiger partial charge in [-0.25, -0.2) is 4.98 Å². The zero-order chi connectivity index (χ0) is 39.0. The molecule has 0 fully saturated rings. The number of nitrogens with zero attached hydrogens (tertiary/aromatic N) is 3. The van der Waals surface area contributed by atoms with Crippen LogP contribution in [0, 0.1) is 11.3 Å². The van der Waals surface area contributed by atoms with E-state index in [1.54, 1.807) is 0 Å². The van der Waals surface area contributed by atoms with Gasteiger partial charge in [-0.05, 0) is 103 Å². The van der Waals surface area contributed by atoms with Crippen molar-refractivity contribution in [3.05, 3.63) is 206 Å². The molecule has 2 aromatic heterocycles. The molecule has 0 spiro atoms. The Morgan fingerprint density at radius 1 is 0.390 bits per heavy atom. The maximum atomic E-state index is 9.89. The highest BCUT2D eigenvalue weighted by Gasteiger charge is 2.22. The molecular formula is C56H33N3. The molecule has 0 atom stereocenters. The third kappa shape index (κ3) is 4.97. The molecular weight excluding hydrogens is 715 g/mol. The lowest BCUT2D eigenvalue weighted by Gasteiger charge is -2.21. The number of fused-ring (bicyclic) bond motifs is 10. The Balaban J connectivity index is 1.19. The van der Waals surface area contributed by atoms with E-state index < -0.39 is 0 Å². The predicted molar refractivity (Wildman–Crippen MR) is 247 cm³/mol. The maximum Gasteiger partial charge on any atom is 0.0992 e. The standard InChI is InChI=1S/C56H33N3/c57-34-35-27-29-40-47-32-37(28-30-51(47)59(52(40)31-35)38-17-5-2-6-18-38)53-42-21-9-11-23-44(42)54(45-24-12-10-22-43(45)53)48-33-49-55(41-20-8-7-19-39(41)48)46-25-13-14-26-50(46)58-56(49)36-15-3-1-4-16-36/h1-33H. The van der Waals surface area contributed by atoms with Crippen molar-refractivity contribution < 1.29 is 0 Å². The Bertz CT molecular complexity index is 3670. The molecule has 12 rings (SSSR count). The fraction of sp³-hybridized carbons (Fsp3) is 0. The van der Waals surface area contributed by atoms with Crippen LogP contribution in [0.3, 0.4) is 0 Å². The topological polar surface area (TPSA) is 41.6 Å². The minimum Gasteiger partial charge on any atom is -0.309 e. The second-order valence-corrected chi connectivity index (χ2v) is 15.3. The van der Waals surface area contributed by atoms with Crippen LogP contribution in [0.25, 0.3) is 115 Å². The summed E-state index contributed by atoms with van der Waals surface area (Å²) in [6.45, 7) is 0. The summed E-state index contributed by atoms with van der Waals surface area (Å²) in [6, 6.07) is 73.9. The molecule has 0 amide bonds. The Morgan fingerprint density at radius 3 is 1.68 bits per heavy atom. The Morgan fingerprint density at radius 2 is 0.983 bits per heavy atom. The van der Waals surface area contributed by atoms with Gasteiger partial charge in [0.1, 0.15) is 0 Å². The second kappa shape index (κ2) is 13.0. The average Bonchev–Trinajstić information content (AvgIpc) is 3.63. The highest BCUT2D eigenvalue weighted by atomic mass is 15.0. The van der Waals surface area contributed by atoms with Crippen LogP contribution in [0.5, 0.6) is 0 Å². The molecule has 0 radical (unpaired) electrons.